The Morgan fingerprint density at radius 3 is 2.00 bits per heavy atom. The molecule has 0 bridgehead atoms. The number of rotatable bonds is 2. The lowest BCUT2D eigenvalue weighted by atomic mass is 9.94. The highest BCUT2D eigenvalue weighted by atomic mass is 16.5. The van der Waals surface area contributed by atoms with Gasteiger partial charge in [-0.1, -0.05) is 13.8 Å². The van der Waals surface area contributed by atoms with E-state index in [9.17, 15) is 14.4 Å². The van der Waals surface area contributed by atoms with E-state index in [1.165, 1.54) is 21.1 Å². The number of hydrogen-bond donors (Lipinski definition) is 1. The minimum atomic E-state index is -0.367. The minimum Gasteiger partial charge on any atom is -0.468 e. The molecule has 2 aliphatic heterocycles. The Hall–Kier alpha value is -1.63. The third-order valence-corrected chi connectivity index (χ3v) is 4.84. The van der Waals surface area contributed by atoms with Crippen LogP contribution in [0.5, 0.6) is 0 Å². The number of esters is 2. The molecule has 4 atom stereocenters. The molecule has 0 aliphatic carbocycles. The van der Waals surface area contributed by atoms with Crippen molar-refractivity contribution in [3.05, 3.63) is 0 Å². The summed E-state index contributed by atoms with van der Waals surface area (Å²) >= 11 is 0. The van der Waals surface area contributed by atoms with Crippen molar-refractivity contribution in [2.75, 3.05) is 27.3 Å². The standard InChI is InChI=1S/C10H17NO3.C8H15NO2/c1-7-4-5-9(10(13)14-3)11(6-7)8(2)12;1-6-3-4-7(9-5-6)8(10)11-2/h7,9H,4-6H2,1-3H3;6-7,9H,3-5H2,1-2H3/t7-,9+;6-,7+/m11/s1. The highest BCUT2D eigenvalue weighted by Crippen LogP contribution is 2.22. The fraction of sp³-hybridized carbons (Fsp3) is 0.833. The average Bonchev–Trinajstić information content (AvgIpc) is 2.61. The smallest absolute Gasteiger partial charge is 0.328 e. The number of likely N-dealkylation sites (tertiary alicyclic amines) is 1. The molecule has 1 amide bonds. The van der Waals surface area contributed by atoms with E-state index in [4.69, 9.17) is 0 Å². The molecular weight excluding hydrogens is 324 g/mol. The molecule has 7 heteroatoms. The largest absolute Gasteiger partial charge is 0.468 e. The van der Waals surface area contributed by atoms with Gasteiger partial charge in [-0.3, -0.25) is 9.59 Å². The van der Waals surface area contributed by atoms with E-state index in [0.717, 1.165) is 25.8 Å². The van der Waals surface area contributed by atoms with Gasteiger partial charge in [0.25, 0.3) is 0 Å². The Morgan fingerprint density at radius 1 is 0.920 bits per heavy atom. The summed E-state index contributed by atoms with van der Waals surface area (Å²) in [5.74, 6) is 0.687. The maximum absolute atomic E-state index is 11.4. The molecule has 2 saturated heterocycles. The molecule has 0 radical (unpaired) electrons. The fourth-order valence-electron chi connectivity index (χ4n) is 3.22. The van der Waals surface area contributed by atoms with Gasteiger partial charge in [0.2, 0.25) is 5.91 Å². The van der Waals surface area contributed by atoms with Crippen molar-refractivity contribution in [3.8, 4) is 0 Å². The normalized spacial score (nSPS) is 29.1. The second-order valence-electron chi connectivity index (χ2n) is 7.06. The second-order valence-corrected chi connectivity index (χ2v) is 7.06. The zero-order chi connectivity index (χ0) is 19.0. The summed E-state index contributed by atoms with van der Waals surface area (Å²) in [5, 5.41) is 3.14. The molecule has 144 valence electrons. The summed E-state index contributed by atoms with van der Waals surface area (Å²) in [6.45, 7) is 7.35. The van der Waals surface area contributed by atoms with E-state index in [1.54, 1.807) is 4.90 Å². The summed E-state index contributed by atoms with van der Waals surface area (Å²) in [6, 6.07) is -0.426. The van der Waals surface area contributed by atoms with Crippen molar-refractivity contribution < 1.29 is 23.9 Å². The van der Waals surface area contributed by atoms with Crippen LogP contribution in [0.15, 0.2) is 0 Å². The summed E-state index contributed by atoms with van der Waals surface area (Å²) in [5.41, 5.74) is 0. The quantitative estimate of drug-likeness (QED) is 0.752. The van der Waals surface area contributed by atoms with Crippen LogP contribution in [0, 0.1) is 11.8 Å². The van der Waals surface area contributed by atoms with Gasteiger partial charge >= 0.3 is 11.9 Å². The van der Waals surface area contributed by atoms with Gasteiger partial charge in [0.15, 0.2) is 0 Å². The van der Waals surface area contributed by atoms with E-state index in [-0.39, 0.29) is 29.9 Å². The molecular formula is C18H32N2O5. The number of ether oxygens (including phenoxy) is 2. The van der Waals surface area contributed by atoms with Gasteiger partial charge in [-0.05, 0) is 44.1 Å². The van der Waals surface area contributed by atoms with E-state index in [1.807, 2.05) is 0 Å². The molecule has 0 unspecified atom stereocenters. The van der Waals surface area contributed by atoms with E-state index in [2.05, 4.69) is 28.6 Å². The Morgan fingerprint density at radius 2 is 1.52 bits per heavy atom. The van der Waals surface area contributed by atoms with Crippen LogP contribution in [-0.4, -0.2) is 62.1 Å². The molecule has 0 aromatic heterocycles. The van der Waals surface area contributed by atoms with Crippen LogP contribution in [0.4, 0.5) is 0 Å². The van der Waals surface area contributed by atoms with Gasteiger partial charge in [-0.15, -0.1) is 0 Å². The van der Waals surface area contributed by atoms with Crippen LogP contribution in [-0.2, 0) is 23.9 Å². The van der Waals surface area contributed by atoms with E-state index >= 15 is 0 Å². The predicted octanol–water partition coefficient (Wildman–Crippen LogP) is 1.35. The summed E-state index contributed by atoms with van der Waals surface area (Å²) < 4.78 is 9.30. The Bertz CT molecular complexity index is 460. The van der Waals surface area contributed by atoms with Crippen LogP contribution in [0.3, 0.4) is 0 Å². The molecule has 2 rings (SSSR count). The first kappa shape index (κ1) is 21.4. The second kappa shape index (κ2) is 10.4. The number of carbonyl (C=O) groups is 3. The molecule has 25 heavy (non-hydrogen) atoms. The van der Waals surface area contributed by atoms with Crippen molar-refractivity contribution in [1.29, 1.82) is 0 Å². The first-order chi connectivity index (χ1) is 11.8. The Kier molecular flexibility index (Phi) is 8.89. The van der Waals surface area contributed by atoms with Crippen LogP contribution in [0.25, 0.3) is 0 Å². The monoisotopic (exact) mass is 356 g/mol. The van der Waals surface area contributed by atoms with E-state index < -0.39 is 0 Å². The fourth-order valence-corrected chi connectivity index (χ4v) is 3.22. The third-order valence-electron chi connectivity index (χ3n) is 4.84. The van der Waals surface area contributed by atoms with Gasteiger partial charge in [-0.25, -0.2) is 4.79 Å². The van der Waals surface area contributed by atoms with Gasteiger partial charge in [0, 0.05) is 13.5 Å². The van der Waals surface area contributed by atoms with Crippen LogP contribution in [0.1, 0.15) is 46.5 Å². The maximum atomic E-state index is 11.4. The molecule has 7 nitrogen and oxygen atoms in total. The van der Waals surface area contributed by atoms with Gasteiger partial charge < -0.3 is 19.7 Å². The molecule has 0 aromatic carbocycles. The molecule has 1 N–H and O–H groups in total. The molecule has 0 spiro atoms. The number of amides is 1. The van der Waals surface area contributed by atoms with Gasteiger partial charge in [0.05, 0.1) is 14.2 Å². The van der Waals surface area contributed by atoms with Gasteiger partial charge in [-0.2, -0.15) is 0 Å². The topological polar surface area (TPSA) is 84.9 Å². The molecule has 2 heterocycles. The zero-order valence-corrected chi connectivity index (χ0v) is 16.0. The minimum absolute atomic E-state index is 0.0491. The third kappa shape index (κ3) is 6.65. The Labute approximate surface area is 150 Å². The lowest BCUT2D eigenvalue weighted by molar-refractivity contribution is -0.154. The van der Waals surface area contributed by atoms with Crippen LogP contribution in [0.2, 0.25) is 0 Å². The van der Waals surface area contributed by atoms with Gasteiger partial charge in [0.1, 0.15) is 12.1 Å². The molecule has 0 aromatic rings. The van der Waals surface area contributed by atoms with Crippen molar-refractivity contribution >= 4 is 17.8 Å². The highest BCUT2D eigenvalue weighted by Gasteiger charge is 2.33. The van der Waals surface area contributed by atoms with Crippen molar-refractivity contribution in [2.24, 2.45) is 11.8 Å². The number of nitrogens with one attached hydrogen (secondary N) is 1. The first-order valence-electron chi connectivity index (χ1n) is 8.96. The molecule has 2 fully saturated rings. The van der Waals surface area contributed by atoms with Crippen LogP contribution < -0.4 is 5.32 Å². The summed E-state index contributed by atoms with van der Waals surface area (Å²) in [4.78, 5) is 35.3. The average molecular weight is 356 g/mol. The summed E-state index contributed by atoms with van der Waals surface area (Å²) in [7, 11) is 2.79. The van der Waals surface area contributed by atoms with Crippen molar-refractivity contribution in [1.82, 2.24) is 10.2 Å². The number of hydrogen-bond acceptors (Lipinski definition) is 6. The van der Waals surface area contributed by atoms with Crippen molar-refractivity contribution in [3.63, 3.8) is 0 Å². The predicted molar refractivity (Wildman–Crippen MR) is 93.8 cm³/mol. The number of methoxy groups -OCH3 is 2. The summed E-state index contributed by atoms with van der Waals surface area (Å²) in [6.07, 6.45) is 3.72. The maximum Gasteiger partial charge on any atom is 0.328 e. The molecule has 2 aliphatic rings. The van der Waals surface area contributed by atoms with E-state index in [0.29, 0.717) is 24.8 Å². The van der Waals surface area contributed by atoms with Crippen molar-refractivity contribution in [2.45, 2.75) is 58.5 Å². The lowest BCUT2D eigenvalue weighted by Crippen LogP contribution is -2.49. The number of nitrogens with zero attached hydrogens (tertiary/aromatic N) is 1. The number of carbonyl (C=O) groups excluding carboxylic acids is 3. The zero-order valence-electron chi connectivity index (χ0n) is 16.0. The first-order valence-corrected chi connectivity index (χ1v) is 8.96. The highest BCUT2D eigenvalue weighted by molar-refractivity contribution is 5.83. The number of piperidine rings is 2. The molecule has 0 saturated carbocycles. The van der Waals surface area contributed by atoms with Crippen LogP contribution >= 0.6 is 0 Å². The lowest BCUT2D eigenvalue weighted by Gasteiger charge is -2.36. The SMILES string of the molecule is COC(=O)[C@@H]1CC[C@@H](C)CN1.COC(=O)[C@@H]1CC[C@@H](C)CN1C(C)=O. The Balaban J connectivity index is 0.000000257.